The summed E-state index contributed by atoms with van der Waals surface area (Å²) in [5.74, 6) is -1.06. The zero-order valence-corrected chi connectivity index (χ0v) is 11.6. The predicted molar refractivity (Wildman–Crippen MR) is 58.4 cm³/mol. The van der Waals surface area contributed by atoms with Crippen LogP contribution >= 0.6 is 0 Å². The number of nitro groups is 1. The van der Waals surface area contributed by atoms with Crippen LogP contribution in [0.1, 0.15) is 0 Å². The Morgan fingerprint density at radius 1 is 1.44 bits per heavy atom. The summed E-state index contributed by atoms with van der Waals surface area (Å²) in [6.45, 7) is 0. The summed E-state index contributed by atoms with van der Waals surface area (Å²) >= 11 is 0. The average Bonchev–Trinajstić information content (AvgIpc) is 2.18. The van der Waals surface area contributed by atoms with Gasteiger partial charge < -0.3 is 17.5 Å². The van der Waals surface area contributed by atoms with Crippen LogP contribution in [-0.2, 0) is 37.5 Å². The van der Waals surface area contributed by atoms with Gasteiger partial charge in [0.2, 0.25) is 0 Å². The molecule has 81 valence electrons. The Hall–Kier alpha value is -0.741. The molecule has 1 rings (SSSR count). The van der Waals surface area contributed by atoms with Crippen LogP contribution in [0.5, 0.6) is 0 Å². The molecule has 1 atom stereocenters. The van der Waals surface area contributed by atoms with Crippen molar-refractivity contribution in [2.24, 2.45) is 0 Å². The summed E-state index contributed by atoms with van der Waals surface area (Å²) in [6.07, 6.45) is 1.47. The Kier molecular flexibility index (Phi) is 9.28. The van der Waals surface area contributed by atoms with E-state index in [4.69, 9.17) is 7.85 Å². The smallest absolute Gasteiger partial charge is 0.292 e. The molecule has 0 amide bonds. The summed E-state index contributed by atoms with van der Waals surface area (Å²) < 4.78 is 0. The van der Waals surface area contributed by atoms with Crippen molar-refractivity contribution < 1.29 is 42.4 Å². The molecule has 0 spiro atoms. The van der Waals surface area contributed by atoms with Gasteiger partial charge in [0, 0.05) is 38.8 Å². The molecule has 7 heteroatoms. The molecule has 16 heavy (non-hydrogen) atoms. The van der Waals surface area contributed by atoms with E-state index >= 15 is 0 Å². The summed E-state index contributed by atoms with van der Waals surface area (Å²) in [5.41, 5.74) is 0.0755. The molecule has 0 fully saturated rings. The van der Waals surface area contributed by atoms with Gasteiger partial charge in [0.05, 0.1) is 12.8 Å². The molecule has 0 aliphatic rings. The van der Waals surface area contributed by atoms with Gasteiger partial charge in [-0.15, -0.1) is 5.94 Å². The van der Waals surface area contributed by atoms with Crippen LogP contribution in [0.25, 0.3) is 0 Å². The van der Waals surface area contributed by atoms with E-state index in [-0.39, 0.29) is 51.5 Å². The number of benzene rings is 1. The number of para-hydroxylation sites is 2. The Morgan fingerprint density at radius 2 is 2.00 bits per heavy atom. The normalized spacial score (nSPS) is 10.2. The topological polar surface area (TPSA) is 72.2 Å². The number of hydrogen-bond donors (Lipinski definition) is 1. The molecule has 0 aliphatic carbocycles. The number of nitro benzene ring substituents is 1. The first-order chi connectivity index (χ1) is 6.65. The fourth-order valence-corrected chi connectivity index (χ4v) is 0.952. The first-order valence-corrected chi connectivity index (χ1v) is 3.78. The predicted octanol–water partition coefficient (Wildman–Crippen LogP) is 1.06. The maximum absolute atomic E-state index is 10.5. The fraction of sp³-hybridized carbons (Fsp3) is 0.111. The Bertz CT molecular complexity index is 362. The van der Waals surface area contributed by atoms with Crippen LogP contribution in [0.15, 0.2) is 24.3 Å². The van der Waals surface area contributed by atoms with E-state index < -0.39 is 10.9 Å². The van der Waals surface area contributed by atoms with Gasteiger partial charge in [0.1, 0.15) is 5.69 Å². The van der Waals surface area contributed by atoms with Crippen LogP contribution in [0, 0.1) is 17.5 Å². The molecule has 1 unspecified atom stereocenters. The van der Waals surface area contributed by atoms with Crippen LogP contribution in [0.2, 0.25) is 0 Å². The molecular formula is C9H9BN2O3Y-2. The van der Waals surface area contributed by atoms with Gasteiger partial charge >= 0.3 is 0 Å². The van der Waals surface area contributed by atoms with E-state index in [9.17, 15) is 14.9 Å². The van der Waals surface area contributed by atoms with Crippen molar-refractivity contribution in [1.29, 1.82) is 0 Å². The molecule has 0 heterocycles. The van der Waals surface area contributed by atoms with Gasteiger partial charge in [-0.2, -0.15) is 0 Å². The maximum Gasteiger partial charge on any atom is 0.292 e. The molecule has 0 bridgehead atoms. The third-order valence-electron chi connectivity index (χ3n) is 1.54. The molecule has 0 aliphatic heterocycles. The molecule has 1 N–H and O–H groups in total. The van der Waals surface area contributed by atoms with Crippen molar-refractivity contribution in [2.75, 3.05) is 5.32 Å². The first kappa shape index (κ1) is 17.6. The molecule has 1 aromatic carbocycles. The fourth-order valence-electron chi connectivity index (χ4n) is 0.952. The summed E-state index contributed by atoms with van der Waals surface area (Å²) in [4.78, 5) is 20.1. The molecule has 3 radical (unpaired) electrons. The van der Waals surface area contributed by atoms with Crippen molar-refractivity contribution in [3.8, 4) is 0 Å². The zero-order valence-electron chi connectivity index (χ0n) is 8.71. The summed E-state index contributed by atoms with van der Waals surface area (Å²) in [7, 11) is 5.22. The van der Waals surface area contributed by atoms with Crippen LogP contribution in [0.4, 0.5) is 11.4 Å². The minimum absolute atomic E-state index is 0. The summed E-state index contributed by atoms with van der Waals surface area (Å²) in [6, 6.07) is 5.92. The zero-order chi connectivity index (χ0) is 10.6. The van der Waals surface area contributed by atoms with Gasteiger partial charge in [-0.25, -0.2) is 0 Å². The second-order valence-electron chi connectivity index (χ2n) is 2.51. The molecule has 0 saturated heterocycles. The minimum Gasteiger partial charge on any atom is -0.541 e. The quantitative estimate of drug-likeness (QED) is 0.390. The Labute approximate surface area is 120 Å². The van der Waals surface area contributed by atoms with E-state index in [0.29, 0.717) is 0 Å². The average molecular weight is 293 g/mol. The van der Waals surface area contributed by atoms with E-state index in [1.165, 1.54) is 24.5 Å². The van der Waals surface area contributed by atoms with Crippen LogP contribution < -0.4 is 5.32 Å². The third-order valence-corrected chi connectivity index (χ3v) is 1.54. The van der Waals surface area contributed by atoms with Crippen LogP contribution in [0.3, 0.4) is 0 Å². The van der Waals surface area contributed by atoms with Crippen molar-refractivity contribution in [1.82, 2.24) is 0 Å². The maximum atomic E-state index is 10.5. The van der Waals surface area contributed by atoms with Crippen molar-refractivity contribution in [2.45, 2.75) is 5.94 Å². The number of rotatable bonds is 4. The monoisotopic (exact) mass is 293 g/mol. The molecule has 1 aromatic rings. The SMILES string of the molecule is [B]C([C-]=O)Nc1ccccc1[N+](=O)[O-].[CH3-].[Y]. The third kappa shape index (κ3) is 4.85. The number of carbonyl (C=O) groups excluding carboxylic acids is 1. The van der Waals surface area contributed by atoms with Gasteiger partial charge in [-0.05, 0) is 6.07 Å². The van der Waals surface area contributed by atoms with Crippen molar-refractivity contribution in [3.05, 3.63) is 41.8 Å². The van der Waals surface area contributed by atoms with E-state index in [0.717, 1.165) is 0 Å². The van der Waals surface area contributed by atoms with Gasteiger partial charge in [-0.1, -0.05) is 12.1 Å². The van der Waals surface area contributed by atoms with E-state index in [1.807, 2.05) is 0 Å². The molecule has 0 aromatic heterocycles. The van der Waals surface area contributed by atoms with E-state index in [1.54, 1.807) is 6.07 Å². The van der Waals surface area contributed by atoms with Gasteiger partial charge in [0.25, 0.3) is 5.69 Å². The number of hydrogen-bond acceptors (Lipinski definition) is 4. The number of nitrogens with zero attached hydrogens (tertiary/aromatic N) is 1. The summed E-state index contributed by atoms with van der Waals surface area (Å²) in [5, 5.41) is 13.0. The molecule has 0 saturated carbocycles. The Morgan fingerprint density at radius 3 is 2.50 bits per heavy atom. The second-order valence-corrected chi connectivity index (χ2v) is 2.51. The number of nitrogens with one attached hydrogen (secondary N) is 1. The standard InChI is InChI=1S/C8H6BN2O3.CH3.Y/c9-8(5-12)10-6-3-1-2-4-7(6)11(13)14;;/h1-4,8,10H;1H3;/q2*-1;. The van der Waals surface area contributed by atoms with E-state index in [2.05, 4.69) is 5.32 Å². The minimum atomic E-state index is -1.06. The van der Waals surface area contributed by atoms with Crippen LogP contribution in [-0.4, -0.2) is 25.0 Å². The molecular weight excluding hydrogens is 284 g/mol. The first-order valence-electron chi connectivity index (χ1n) is 3.78. The van der Waals surface area contributed by atoms with Gasteiger partial charge in [-0.3, -0.25) is 16.4 Å². The Balaban J connectivity index is 0. The molecule has 5 nitrogen and oxygen atoms in total. The van der Waals surface area contributed by atoms with Crippen molar-refractivity contribution in [3.63, 3.8) is 0 Å². The van der Waals surface area contributed by atoms with Gasteiger partial charge in [0.15, 0.2) is 0 Å². The second kappa shape index (κ2) is 8.42. The largest absolute Gasteiger partial charge is 0.541 e. The number of anilines is 1. The van der Waals surface area contributed by atoms with Crippen molar-refractivity contribution >= 4 is 25.5 Å².